The Labute approximate surface area is 137 Å². The molecule has 1 aliphatic rings. The number of ether oxygens (including phenoxy) is 1. The molecule has 0 aromatic heterocycles. The molecule has 0 spiro atoms. The van der Waals surface area contributed by atoms with Crippen LogP contribution in [0.25, 0.3) is 0 Å². The summed E-state index contributed by atoms with van der Waals surface area (Å²) in [4.78, 5) is 12.4. The number of hydrogen-bond donors (Lipinski definition) is 2. The monoisotopic (exact) mass is 340 g/mol. The molecule has 1 saturated carbocycles. The minimum absolute atomic E-state index is 0.0348. The average Bonchev–Trinajstić information content (AvgIpc) is 2.56. The Morgan fingerprint density at radius 1 is 1.22 bits per heavy atom. The number of benzene rings is 1. The molecule has 0 radical (unpaired) electrons. The summed E-state index contributed by atoms with van der Waals surface area (Å²) in [6.07, 6.45) is 4.13. The zero-order valence-corrected chi connectivity index (χ0v) is 14.6. The van der Waals surface area contributed by atoms with Crippen LogP contribution in [-0.4, -0.2) is 34.5 Å². The standard InChI is InChI=1S/C16H24N2O4S/c1-11-4-7-13(8-5-11)18-16(19)12-6-9-14(22-3)15(10-12)23(20,21)17-2/h6,9-11,13,17H,4-5,7-8H2,1-3H3,(H,18,19). The van der Waals surface area contributed by atoms with Crippen LogP contribution in [0.4, 0.5) is 0 Å². The lowest BCUT2D eigenvalue weighted by atomic mass is 9.87. The van der Waals surface area contributed by atoms with E-state index in [4.69, 9.17) is 4.74 Å². The summed E-state index contributed by atoms with van der Waals surface area (Å²) < 4.78 is 31.4. The highest BCUT2D eigenvalue weighted by Crippen LogP contribution is 2.26. The van der Waals surface area contributed by atoms with E-state index < -0.39 is 10.0 Å². The molecule has 1 aromatic rings. The number of hydrogen-bond acceptors (Lipinski definition) is 4. The van der Waals surface area contributed by atoms with Crippen LogP contribution < -0.4 is 14.8 Å². The summed E-state index contributed by atoms with van der Waals surface area (Å²) in [6, 6.07) is 4.59. The molecule has 1 aromatic carbocycles. The van der Waals surface area contributed by atoms with E-state index in [2.05, 4.69) is 17.0 Å². The van der Waals surface area contributed by atoms with Crippen molar-refractivity contribution in [3.8, 4) is 5.75 Å². The van der Waals surface area contributed by atoms with Crippen molar-refractivity contribution in [2.24, 2.45) is 5.92 Å². The fourth-order valence-corrected chi connectivity index (χ4v) is 3.73. The van der Waals surface area contributed by atoms with Crippen molar-refractivity contribution < 1.29 is 17.9 Å². The molecule has 6 nitrogen and oxygen atoms in total. The topological polar surface area (TPSA) is 84.5 Å². The Balaban J connectivity index is 2.19. The maximum atomic E-state index is 12.4. The Morgan fingerprint density at radius 3 is 2.43 bits per heavy atom. The first kappa shape index (κ1) is 17.7. The molecule has 0 aliphatic heterocycles. The first-order valence-electron chi connectivity index (χ1n) is 7.80. The smallest absolute Gasteiger partial charge is 0.251 e. The molecule has 0 heterocycles. The van der Waals surface area contributed by atoms with Crippen molar-refractivity contribution in [3.63, 3.8) is 0 Å². The maximum Gasteiger partial charge on any atom is 0.251 e. The molecule has 0 atom stereocenters. The second-order valence-corrected chi connectivity index (χ2v) is 7.86. The Hall–Kier alpha value is -1.60. The van der Waals surface area contributed by atoms with Gasteiger partial charge in [-0.1, -0.05) is 6.92 Å². The minimum atomic E-state index is -3.69. The molecular formula is C16H24N2O4S. The number of rotatable bonds is 5. The van der Waals surface area contributed by atoms with Crippen LogP contribution in [0.15, 0.2) is 23.1 Å². The number of nitrogens with one attached hydrogen (secondary N) is 2. The first-order valence-corrected chi connectivity index (χ1v) is 9.28. The lowest BCUT2D eigenvalue weighted by Gasteiger charge is -2.27. The van der Waals surface area contributed by atoms with Crippen molar-refractivity contribution in [1.82, 2.24) is 10.0 Å². The number of methoxy groups -OCH3 is 1. The predicted molar refractivity (Wildman–Crippen MR) is 88.1 cm³/mol. The van der Waals surface area contributed by atoms with Gasteiger partial charge >= 0.3 is 0 Å². The second kappa shape index (κ2) is 7.31. The summed E-state index contributed by atoms with van der Waals surface area (Å²) in [5.74, 6) is 0.665. The molecule has 0 unspecified atom stereocenters. The van der Waals surface area contributed by atoms with Gasteiger partial charge in [-0.05, 0) is 56.8 Å². The van der Waals surface area contributed by atoms with Crippen molar-refractivity contribution in [3.05, 3.63) is 23.8 Å². The highest BCUT2D eigenvalue weighted by molar-refractivity contribution is 7.89. The lowest BCUT2D eigenvalue weighted by molar-refractivity contribution is 0.0922. The largest absolute Gasteiger partial charge is 0.495 e. The Bertz CT molecular complexity index is 665. The summed E-state index contributed by atoms with van der Waals surface area (Å²) in [6.45, 7) is 2.22. The molecule has 0 bridgehead atoms. The Kier molecular flexibility index (Phi) is 5.64. The molecular weight excluding hydrogens is 316 g/mol. The number of sulfonamides is 1. The first-order chi connectivity index (χ1) is 10.9. The highest BCUT2D eigenvalue weighted by atomic mass is 32.2. The highest BCUT2D eigenvalue weighted by Gasteiger charge is 2.23. The molecule has 1 aliphatic carbocycles. The molecule has 23 heavy (non-hydrogen) atoms. The molecule has 2 N–H and O–H groups in total. The molecule has 1 amide bonds. The van der Waals surface area contributed by atoms with Crippen molar-refractivity contribution >= 4 is 15.9 Å². The van der Waals surface area contributed by atoms with E-state index in [1.165, 1.54) is 26.3 Å². The zero-order valence-electron chi connectivity index (χ0n) is 13.8. The van der Waals surface area contributed by atoms with E-state index in [1.807, 2.05) is 0 Å². The van der Waals surface area contributed by atoms with Crippen LogP contribution in [0.2, 0.25) is 0 Å². The van der Waals surface area contributed by atoms with Gasteiger partial charge in [0.25, 0.3) is 5.91 Å². The summed E-state index contributed by atoms with van der Waals surface area (Å²) >= 11 is 0. The van der Waals surface area contributed by atoms with Crippen LogP contribution in [0.3, 0.4) is 0 Å². The molecule has 0 saturated heterocycles. The third-order valence-corrected chi connectivity index (χ3v) is 5.77. The van der Waals surface area contributed by atoms with Gasteiger partial charge in [-0.25, -0.2) is 13.1 Å². The zero-order chi connectivity index (χ0) is 17.0. The van der Waals surface area contributed by atoms with Crippen molar-refractivity contribution in [2.45, 2.75) is 43.5 Å². The number of carbonyl (C=O) groups excluding carboxylic acids is 1. The van der Waals surface area contributed by atoms with Crippen LogP contribution in [0, 0.1) is 5.92 Å². The normalized spacial score (nSPS) is 21.7. The SMILES string of the molecule is CNS(=O)(=O)c1cc(C(=O)NC2CCC(C)CC2)ccc1OC. The van der Waals surface area contributed by atoms with E-state index in [-0.39, 0.29) is 22.6 Å². The van der Waals surface area contributed by atoms with E-state index >= 15 is 0 Å². The van der Waals surface area contributed by atoms with Crippen LogP contribution in [0.5, 0.6) is 5.75 Å². The maximum absolute atomic E-state index is 12.4. The van der Waals surface area contributed by atoms with Crippen LogP contribution >= 0.6 is 0 Å². The molecule has 1 fully saturated rings. The van der Waals surface area contributed by atoms with E-state index in [0.717, 1.165) is 25.7 Å². The molecule has 2 rings (SSSR count). The summed E-state index contributed by atoms with van der Waals surface area (Å²) in [5, 5.41) is 2.99. The number of carbonyl (C=O) groups is 1. The molecule has 7 heteroatoms. The third kappa shape index (κ3) is 4.23. The van der Waals surface area contributed by atoms with E-state index in [1.54, 1.807) is 6.07 Å². The van der Waals surface area contributed by atoms with Gasteiger partial charge in [0.15, 0.2) is 0 Å². The summed E-state index contributed by atoms with van der Waals surface area (Å²) in [5.41, 5.74) is 0.318. The quantitative estimate of drug-likeness (QED) is 0.857. The number of amides is 1. The minimum Gasteiger partial charge on any atom is -0.495 e. The predicted octanol–water partition coefficient (Wildman–Crippen LogP) is 1.91. The fourth-order valence-electron chi connectivity index (χ4n) is 2.81. The van der Waals surface area contributed by atoms with Gasteiger partial charge in [0, 0.05) is 11.6 Å². The Morgan fingerprint density at radius 2 is 1.87 bits per heavy atom. The third-order valence-electron chi connectivity index (χ3n) is 4.34. The van der Waals surface area contributed by atoms with Crippen molar-refractivity contribution in [1.29, 1.82) is 0 Å². The molecule has 128 valence electrons. The fraction of sp³-hybridized carbons (Fsp3) is 0.562. The van der Waals surface area contributed by atoms with Gasteiger partial charge in [0.2, 0.25) is 10.0 Å². The van der Waals surface area contributed by atoms with Crippen LogP contribution in [0.1, 0.15) is 43.0 Å². The summed E-state index contributed by atoms with van der Waals surface area (Å²) in [7, 11) is -0.972. The second-order valence-electron chi connectivity index (χ2n) is 6.00. The van der Waals surface area contributed by atoms with Gasteiger partial charge in [-0.2, -0.15) is 0 Å². The van der Waals surface area contributed by atoms with Gasteiger partial charge in [0.1, 0.15) is 10.6 Å². The van der Waals surface area contributed by atoms with Crippen LogP contribution in [-0.2, 0) is 10.0 Å². The van der Waals surface area contributed by atoms with E-state index in [0.29, 0.717) is 11.5 Å². The average molecular weight is 340 g/mol. The van der Waals surface area contributed by atoms with Crippen molar-refractivity contribution in [2.75, 3.05) is 14.2 Å². The lowest BCUT2D eigenvalue weighted by Crippen LogP contribution is -2.37. The van der Waals surface area contributed by atoms with Gasteiger partial charge in [-0.15, -0.1) is 0 Å². The van der Waals surface area contributed by atoms with E-state index in [9.17, 15) is 13.2 Å². The van der Waals surface area contributed by atoms with Gasteiger partial charge in [0.05, 0.1) is 7.11 Å². The van der Waals surface area contributed by atoms with Gasteiger partial charge in [-0.3, -0.25) is 4.79 Å². The van der Waals surface area contributed by atoms with Gasteiger partial charge < -0.3 is 10.1 Å².